The van der Waals surface area contributed by atoms with E-state index in [1.165, 1.54) is 0 Å². The fourth-order valence-corrected chi connectivity index (χ4v) is 2.29. The first kappa shape index (κ1) is 16.1. The van der Waals surface area contributed by atoms with Crippen molar-refractivity contribution in [2.45, 2.75) is 50.2 Å². The van der Waals surface area contributed by atoms with Gasteiger partial charge in [-0.15, -0.1) is 0 Å². The van der Waals surface area contributed by atoms with Crippen molar-refractivity contribution in [1.29, 1.82) is 0 Å². The van der Waals surface area contributed by atoms with Crippen LogP contribution < -0.4 is 11.1 Å². The normalized spacial score (nSPS) is 20.1. The molecule has 1 saturated carbocycles. The summed E-state index contributed by atoms with van der Waals surface area (Å²) in [4.78, 5) is 11.1. The van der Waals surface area contributed by atoms with E-state index in [1.807, 2.05) is 0 Å². The number of rotatable bonds is 4. The van der Waals surface area contributed by atoms with Crippen LogP contribution in [0.2, 0.25) is 0 Å². The van der Waals surface area contributed by atoms with E-state index in [2.05, 4.69) is 0 Å². The first-order chi connectivity index (χ1) is 8.70. The standard InChI is InChI=1S/C11H17F5N2O/c12-10(13,11(14,15)16)9(19)18-8(6-17)7-4-2-1-3-5-7/h7-8H,1-6,17H2,(H,18,19). The predicted octanol–water partition coefficient (Wildman–Crippen LogP) is 2.21. The molecule has 19 heavy (non-hydrogen) atoms. The first-order valence-electron chi connectivity index (χ1n) is 6.15. The van der Waals surface area contributed by atoms with Gasteiger partial charge >= 0.3 is 18.0 Å². The zero-order valence-corrected chi connectivity index (χ0v) is 10.3. The second-order valence-electron chi connectivity index (χ2n) is 4.79. The van der Waals surface area contributed by atoms with Gasteiger partial charge in [0.1, 0.15) is 0 Å². The number of alkyl halides is 5. The molecule has 1 aliphatic carbocycles. The molecular formula is C11H17F5N2O. The molecule has 0 saturated heterocycles. The number of carbonyl (C=O) groups is 1. The molecule has 1 aliphatic rings. The molecule has 1 unspecified atom stereocenters. The zero-order chi connectivity index (χ0) is 14.7. The van der Waals surface area contributed by atoms with Gasteiger partial charge in [-0.25, -0.2) is 0 Å². The van der Waals surface area contributed by atoms with Crippen LogP contribution in [-0.2, 0) is 4.79 Å². The summed E-state index contributed by atoms with van der Waals surface area (Å²) in [5.74, 6) is -7.83. The molecule has 1 fully saturated rings. The van der Waals surface area contributed by atoms with Crippen LogP contribution in [0, 0.1) is 5.92 Å². The van der Waals surface area contributed by atoms with Gasteiger partial charge in [-0.3, -0.25) is 4.79 Å². The number of carbonyl (C=O) groups excluding carboxylic acids is 1. The van der Waals surface area contributed by atoms with E-state index in [0.717, 1.165) is 19.3 Å². The fourth-order valence-electron chi connectivity index (χ4n) is 2.29. The van der Waals surface area contributed by atoms with Gasteiger partial charge in [-0.05, 0) is 18.8 Å². The Labute approximate surface area is 107 Å². The average Bonchev–Trinajstić information content (AvgIpc) is 2.35. The van der Waals surface area contributed by atoms with Gasteiger partial charge < -0.3 is 11.1 Å². The molecule has 1 rings (SSSR count). The van der Waals surface area contributed by atoms with Gasteiger partial charge in [0.15, 0.2) is 0 Å². The molecule has 3 nitrogen and oxygen atoms in total. The molecule has 112 valence electrons. The number of amides is 1. The maximum Gasteiger partial charge on any atom is 0.463 e. The molecule has 0 aromatic rings. The number of halogens is 5. The van der Waals surface area contributed by atoms with Crippen LogP contribution in [0.1, 0.15) is 32.1 Å². The van der Waals surface area contributed by atoms with Gasteiger partial charge in [-0.2, -0.15) is 22.0 Å². The maximum atomic E-state index is 12.8. The summed E-state index contributed by atoms with van der Waals surface area (Å²) < 4.78 is 61.7. The fraction of sp³-hybridized carbons (Fsp3) is 0.909. The molecule has 0 aliphatic heterocycles. The van der Waals surface area contributed by atoms with Crippen molar-refractivity contribution in [3.63, 3.8) is 0 Å². The Morgan fingerprint density at radius 2 is 1.68 bits per heavy atom. The molecule has 8 heteroatoms. The minimum Gasteiger partial charge on any atom is -0.346 e. The highest BCUT2D eigenvalue weighted by Crippen LogP contribution is 2.36. The van der Waals surface area contributed by atoms with Crippen LogP contribution >= 0.6 is 0 Å². The van der Waals surface area contributed by atoms with Gasteiger partial charge in [0.25, 0.3) is 0 Å². The monoisotopic (exact) mass is 288 g/mol. The summed E-state index contributed by atoms with van der Waals surface area (Å²) in [5, 5.41) is 1.75. The average molecular weight is 288 g/mol. The number of hydrogen-bond acceptors (Lipinski definition) is 2. The third kappa shape index (κ3) is 3.77. The summed E-state index contributed by atoms with van der Waals surface area (Å²) in [6.07, 6.45) is -1.79. The maximum absolute atomic E-state index is 12.8. The Balaban J connectivity index is 2.67. The Morgan fingerprint density at radius 1 is 1.16 bits per heavy atom. The van der Waals surface area contributed by atoms with Crippen molar-refractivity contribution < 1.29 is 26.7 Å². The topological polar surface area (TPSA) is 55.1 Å². The Morgan fingerprint density at radius 3 is 2.11 bits per heavy atom. The lowest BCUT2D eigenvalue weighted by molar-refractivity contribution is -0.270. The minimum absolute atomic E-state index is 0.133. The highest BCUT2D eigenvalue weighted by atomic mass is 19.4. The second kappa shape index (κ2) is 6.02. The van der Waals surface area contributed by atoms with Crippen molar-refractivity contribution in [1.82, 2.24) is 5.32 Å². The van der Waals surface area contributed by atoms with Crippen LogP contribution in [0.5, 0.6) is 0 Å². The SMILES string of the molecule is NCC(NC(=O)C(F)(F)C(F)(F)F)C1CCCCC1. The summed E-state index contributed by atoms with van der Waals surface area (Å²) >= 11 is 0. The van der Waals surface area contributed by atoms with Crippen LogP contribution in [0.3, 0.4) is 0 Å². The van der Waals surface area contributed by atoms with E-state index in [4.69, 9.17) is 5.73 Å². The molecule has 0 heterocycles. The Hall–Kier alpha value is -0.920. The first-order valence-corrected chi connectivity index (χ1v) is 6.15. The molecule has 1 atom stereocenters. The number of nitrogens with two attached hydrogens (primary N) is 1. The predicted molar refractivity (Wildman–Crippen MR) is 58.6 cm³/mol. The summed E-state index contributed by atoms with van der Waals surface area (Å²) in [5.41, 5.74) is 5.36. The van der Waals surface area contributed by atoms with Crippen molar-refractivity contribution in [2.24, 2.45) is 11.7 Å². The summed E-state index contributed by atoms with van der Waals surface area (Å²) in [6.45, 7) is -0.148. The Kier molecular flexibility index (Phi) is 5.11. The lowest BCUT2D eigenvalue weighted by atomic mass is 9.84. The van der Waals surface area contributed by atoms with Crippen LogP contribution in [0.15, 0.2) is 0 Å². The van der Waals surface area contributed by atoms with E-state index in [9.17, 15) is 26.7 Å². The van der Waals surface area contributed by atoms with Gasteiger partial charge in [0.2, 0.25) is 0 Å². The van der Waals surface area contributed by atoms with E-state index in [1.54, 1.807) is 5.32 Å². The smallest absolute Gasteiger partial charge is 0.346 e. The van der Waals surface area contributed by atoms with E-state index in [-0.39, 0.29) is 12.5 Å². The highest BCUT2D eigenvalue weighted by molar-refractivity contribution is 5.84. The quantitative estimate of drug-likeness (QED) is 0.779. The highest BCUT2D eigenvalue weighted by Gasteiger charge is 2.63. The summed E-state index contributed by atoms with van der Waals surface area (Å²) in [6, 6.07) is -0.832. The van der Waals surface area contributed by atoms with Gasteiger partial charge in [-0.1, -0.05) is 19.3 Å². The largest absolute Gasteiger partial charge is 0.463 e. The van der Waals surface area contributed by atoms with Crippen LogP contribution in [0.25, 0.3) is 0 Å². The number of hydrogen-bond donors (Lipinski definition) is 2. The van der Waals surface area contributed by atoms with E-state index in [0.29, 0.717) is 12.8 Å². The molecular weight excluding hydrogens is 271 g/mol. The van der Waals surface area contributed by atoms with Crippen LogP contribution in [0.4, 0.5) is 22.0 Å². The lowest BCUT2D eigenvalue weighted by Crippen LogP contribution is -2.56. The van der Waals surface area contributed by atoms with Crippen molar-refractivity contribution >= 4 is 5.91 Å². The molecule has 3 N–H and O–H groups in total. The van der Waals surface area contributed by atoms with Gasteiger partial charge in [0.05, 0.1) is 0 Å². The van der Waals surface area contributed by atoms with E-state index >= 15 is 0 Å². The molecule has 0 spiro atoms. The summed E-state index contributed by atoms with van der Waals surface area (Å²) in [7, 11) is 0. The lowest BCUT2D eigenvalue weighted by Gasteiger charge is -2.31. The third-order valence-corrected chi connectivity index (χ3v) is 3.43. The van der Waals surface area contributed by atoms with Crippen molar-refractivity contribution in [2.75, 3.05) is 6.54 Å². The van der Waals surface area contributed by atoms with Crippen molar-refractivity contribution in [3.05, 3.63) is 0 Å². The molecule has 0 radical (unpaired) electrons. The Bertz CT molecular complexity index is 313. The van der Waals surface area contributed by atoms with Crippen LogP contribution in [-0.4, -0.2) is 30.6 Å². The van der Waals surface area contributed by atoms with Crippen molar-refractivity contribution in [3.8, 4) is 0 Å². The number of nitrogens with one attached hydrogen (secondary N) is 1. The van der Waals surface area contributed by atoms with E-state index < -0.39 is 24.0 Å². The molecule has 1 amide bonds. The van der Waals surface area contributed by atoms with Gasteiger partial charge in [0, 0.05) is 12.6 Å². The molecule has 0 bridgehead atoms. The molecule has 0 aromatic carbocycles. The molecule has 0 aromatic heterocycles. The third-order valence-electron chi connectivity index (χ3n) is 3.43. The second-order valence-corrected chi connectivity index (χ2v) is 4.79. The zero-order valence-electron chi connectivity index (χ0n) is 10.3. The minimum atomic E-state index is -5.89.